The Kier molecular flexibility index (Phi) is 5.04. The first-order chi connectivity index (χ1) is 11.6. The van der Waals surface area contributed by atoms with Gasteiger partial charge in [0.2, 0.25) is 5.88 Å². The van der Waals surface area contributed by atoms with Gasteiger partial charge in [0.05, 0.1) is 12.1 Å². The Hall–Kier alpha value is -2.08. The van der Waals surface area contributed by atoms with E-state index in [2.05, 4.69) is 9.97 Å². The third-order valence-corrected chi connectivity index (χ3v) is 4.80. The summed E-state index contributed by atoms with van der Waals surface area (Å²) in [6, 6.07) is 9.57. The number of carbonyl (C=O) groups excluding carboxylic acids is 1. The zero-order valence-corrected chi connectivity index (χ0v) is 15.0. The minimum Gasteiger partial charge on any atom is -0.472 e. The van der Waals surface area contributed by atoms with Crippen molar-refractivity contribution in [3.8, 4) is 5.88 Å². The number of aryl methyl sites for hydroxylation is 2. The third-order valence-electron chi connectivity index (χ3n) is 4.00. The Labute approximate surface area is 146 Å². The number of amides is 1. The van der Waals surface area contributed by atoms with Gasteiger partial charge in [-0.05, 0) is 32.2 Å². The molecule has 2 heterocycles. The fourth-order valence-electron chi connectivity index (χ4n) is 2.91. The molecule has 6 heteroatoms. The van der Waals surface area contributed by atoms with Gasteiger partial charge >= 0.3 is 0 Å². The number of thioether (sulfide) groups is 1. The lowest BCUT2D eigenvalue weighted by Crippen LogP contribution is -2.31. The first-order valence-electron chi connectivity index (χ1n) is 7.98. The van der Waals surface area contributed by atoms with E-state index in [4.69, 9.17) is 4.74 Å². The van der Waals surface area contributed by atoms with Crippen LogP contribution in [0.3, 0.4) is 0 Å². The van der Waals surface area contributed by atoms with Gasteiger partial charge in [0, 0.05) is 29.6 Å². The number of rotatable bonds is 4. The summed E-state index contributed by atoms with van der Waals surface area (Å²) in [5.74, 6) is 1.36. The first-order valence-corrected chi connectivity index (χ1v) is 9.20. The van der Waals surface area contributed by atoms with Gasteiger partial charge in [0.15, 0.2) is 0 Å². The average Bonchev–Trinajstić information content (AvgIpc) is 3.01. The van der Waals surface area contributed by atoms with Crippen molar-refractivity contribution in [2.75, 3.05) is 19.3 Å². The maximum Gasteiger partial charge on any atom is 0.255 e. The summed E-state index contributed by atoms with van der Waals surface area (Å²) in [4.78, 5) is 24.2. The highest BCUT2D eigenvalue weighted by atomic mass is 32.2. The van der Waals surface area contributed by atoms with Crippen LogP contribution < -0.4 is 4.74 Å². The molecule has 1 amide bonds. The van der Waals surface area contributed by atoms with Gasteiger partial charge in [-0.2, -0.15) is 4.98 Å². The summed E-state index contributed by atoms with van der Waals surface area (Å²) in [7, 11) is 0. The van der Waals surface area contributed by atoms with E-state index in [-0.39, 0.29) is 12.0 Å². The van der Waals surface area contributed by atoms with Crippen molar-refractivity contribution in [1.29, 1.82) is 0 Å². The van der Waals surface area contributed by atoms with Crippen LogP contribution in [0.25, 0.3) is 0 Å². The molecule has 0 bridgehead atoms. The summed E-state index contributed by atoms with van der Waals surface area (Å²) >= 11 is 1.59. The van der Waals surface area contributed by atoms with Crippen molar-refractivity contribution >= 4 is 17.7 Å². The monoisotopic (exact) mass is 343 g/mol. The molecule has 1 fully saturated rings. The molecule has 1 aromatic heterocycles. The predicted molar refractivity (Wildman–Crippen MR) is 94.7 cm³/mol. The second kappa shape index (κ2) is 7.21. The second-order valence-corrected chi connectivity index (χ2v) is 6.72. The number of carbonyl (C=O) groups is 1. The van der Waals surface area contributed by atoms with Crippen LogP contribution in [-0.2, 0) is 0 Å². The minimum absolute atomic E-state index is 0.0240. The Morgan fingerprint density at radius 2 is 2.08 bits per heavy atom. The van der Waals surface area contributed by atoms with Crippen LogP contribution >= 0.6 is 11.8 Å². The molecule has 1 aliphatic heterocycles. The summed E-state index contributed by atoms with van der Waals surface area (Å²) in [6.45, 7) is 5.06. The molecular weight excluding hydrogens is 322 g/mol. The summed E-state index contributed by atoms with van der Waals surface area (Å²) in [5.41, 5.74) is 1.65. The normalized spacial score (nSPS) is 17.1. The molecule has 0 N–H and O–H groups in total. The number of benzene rings is 1. The van der Waals surface area contributed by atoms with Crippen LogP contribution in [0.2, 0.25) is 0 Å². The van der Waals surface area contributed by atoms with E-state index >= 15 is 0 Å². The summed E-state index contributed by atoms with van der Waals surface area (Å²) < 4.78 is 5.96. The standard InChI is InChI=1S/C18H21N3O2S/c1-12-10-17(20-13(2)19-12)23-14-8-9-21(11-14)18(22)15-6-4-5-7-16(15)24-3/h4-7,10,14H,8-9,11H2,1-3H3. The van der Waals surface area contributed by atoms with Crippen molar-refractivity contribution < 1.29 is 9.53 Å². The Morgan fingerprint density at radius 3 is 2.83 bits per heavy atom. The molecule has 1 aromatic carbocycles. The Bertz CT molecular complexity index is 731. The van der Waals surface area contributed by atoms with E-state index in [1.165, 1.54) is 0 Å². The number of ether oxygens (including phenoxy) is 1. The highest BCUT2D eigenvalue weighted by Gasteiger charge is 2.29. The van der Waals surface area contributed by atoms with E-state index < -0.39 is 0 Å². The van der Waals surface area contributed by atoms with Crippen LogP contribution in [-0.4, -0.2) is 46.2 Å². The van der Waals surface area contributed by atoms with Gasteiger partial charge in [0.25, 0.3) is 5.91 Å². The fraction of sp³-hybridized carbons (Fsp3) is 0.389. The maximum atomic E-state index is 12.8. The zero-order chi connectivity index (χ0) is 17.1. The highest BCUT2D eigenvalue weighted by Crippen LogP contribution is 2.24. The van der Waals surface area contributed by atoms with Crippen molar-refractivity contribution in [2.24, 2.45) is 0 Å². The molecule has 126 valence electrons. The van der Waals surface area contributed by atoms with Gasteiger partial charge in [-0.25, -0.2) is 4.98 Å². The van der Waals surface area contributed by atoms with E-state index in [1.54, 1.807) is 11.8 Å². The highest BCUT2D eigenvalue weighted by molar-refractivity contribution is 7.98. The number of likely N-dealkylation sites (tertiary alicyclic amines) is 1. The molecule has 1 aliphatic rings. The SMILES string of the molecule is CSc1ccccc1C(=O)N1CCC(Oc2cc(C)nc(C)n2)C1. The minimum atomic E-state index is -0.0240. The van der Waals surface area contributed by atoms with E-state index in [0.29, 0.717) is 24.8 Å². The number of nitrogens with zero attached hydrogens (tertiary/aromatic N) is 3. The number of aromatic nitrogens is 2. The lowest BCUT2D eigenvalue weighted by molar-refractivity contribution is 0.0767. The molecule has 3 rings (SSSR count). The lowest BCUT2D eigenvalue weighted by Gasteiger charge is -2.18. The molecule has 5 nitrogen and oxygen atoms in total. The molecule has 1 unspecified atom stereocenters. The number of hydrogen-bond acceptors (Lipinski definition) is 5. The van der Waals surface area contributed by atoms with Gasteiger partial charge in [0.1, 0.15) is 11.9 Å². The quantitative estimate of drug-likeness (QED) is 0.799. The third kappa shape index (κ3) is 3.70. The largest absolute Gasteiger partial charge is 0.472 e. The van der Waals surface area contributed by atoms with Crippen LogP contribution in [0.15, 0.2) is 35.2 Å². The van der Waals surface area contributed by atoms with Crippen molar-refractivity contribution in [3.63, 3.8) is 0 Å². The molecule has 0 aliphatic carbocycles. The molecule has 0 radical (unpaired) electrons. The molecule has 2 aromatic rings. The number of hydrogen-bond donors (Lipinski definition) is 0. The average molecular weight is 343 g/mol. The van der Waals surface area contributed by atoms with Crippen molar-refractivity contribution in [2.45, 2.75) is 31.3 Å². The van der Waals surface area contributed by atoms with E-state index in [1.807, 2.05) is 55.3 Å². The first kappa shape index (κ1) is 16.8. The van der Waals surface area contributed by atoms with Gasteiger partial charge in [-0.3, -0.25) is 4.79 Å². The lowest BCUT2D eigenvalue weighted by atomic mass is 10.2. The van der Waals surface area contributed by atoms with Crippen molar-refractivity contribution in [1.82, 2.24) is 14.9 Å². The maximum absolute atomic E-state index is 12.8. The van der Waals surface area contributed by atoms with Gasteiger partial charge in [-0.15, -0.1) is 11.8 Å². The molecule has 0 spiro atoms. The van der Waals surface area contributed by atoms with Gasteiger partial charge < -0.3 is 9.64 Å². The van der Waals surface area contributed by atoms with Crippen LogP contribution in [0.5, 0.6) is 5.88 Å². The zero-order valence-electron chi connectivity index (χ0n) is 14.2. The predicted octanol–water partition coefficient (Wildman–Crippen LogP) is 3.11. The second-order valence-electron chi connectivity index (χ2n) is 5.87. The Balaban J connectivity index is 1.67. The smallest absolute Gasteiger partial charge is 0.255 e. The molecule has 1 saturated heterocycles. The molecule has 1 atom stereocenters. The topological polar surface area (TPSA) is 55.3 Å². The fourth-order valence-corrected chi connectivity index (χ4v) is 3.50. The summed E-state index contributed by atoms with van der Waals surface area (Å²) in [5, 5.41) is 0. The Morgan fingerprint density at radius 1 is 1.29 bits per heavy atom. The van der Waals surface area contributed by atoms with Crippen LogP contribution in [0.4, 0.5) is 0 Å². The summed E-state index contributed by atoms with van der Waals surface area (Å²) in [6.07, 6.45) is 2.78. The molecule has 24 heavy (non-hydrogen) atoms. The van der Waals surface area contributed by atoms with Crippen LogP contribution in [0, 0.1) is 13.8 Å². The molecule has 0 saturated carbocycles. The van der Waals surface area contributed by atoms with Crippen LogP contribution in [0.1, 0.15) is 28.3 Å². The van der Waals surface area contributed by atoms with Crippen molar-refractivity contribution in [3.05, 3.63) is 47.4 Å². The van der Waals surface area contributed by atoms with E-state index in [0.717, 1.165) is 22.6 Å². The van der Waals surface area contributed by atoms with Gasteiger partial charge in [-0.1, -0.05) is 12.1 Å². The van der Waals surface area contributed by atoms with E-state index in [9.17, 15) is 4.79 Å². The molecular formula is C18H21N3O2S.